The zero-order valence-corrected chi connectivity index (χ0v) is 13.6. The van der Waals surface area contributed by atoms with Crippen LogP contribution in [0.15, 0.2) is 24.3 Å². The van der Waals surface area contributed by atoms with Crippen molar-refractivity contribution in [2.75, 3.05) is 13.2 Å². The molecule has 118 valence electrons. The van der Waals surface area contributed by atoms with E-state index >= 15 is 0 Å². The van der Waals surface area contributed by atoms with E-state index in [0.29, 0.717) is 25.2 Å². The van der Waals surface area contributed by atoms with Gasteiger partial charge in [0, 0.05) is 18.6 Å². The predicted molar refractivity (Wildman–Crippen MR) is 86.8 cm³/mol. The minimum absolute atomic E-state index is 0.363. The van der Waals surface area contributed by atoms with Crippen molar-refractivity contribution in [2.45, 2.75) is 64.6 Å². The third-order valence-corrected chi connectivity index (χ3v) is 4.57. The van der Waals surface area contributed by atoms with E-state index in [9.17, 15) is 5.11 Å². The minimum atomic E-state index is -0.432. The van der Waals surface area contributed by atoms with Crippen LogP contribution < -0.4 is 4.74 Å². The highest BCUT2D eigenvalue weighted by Gasteiger charge is 2.26. The monoisotopic (exact) mass is 291 g/mol. The Morgan fingerprint density at radius 2 is 1.81 bits per heavy atom. The summed E-state index contributed by atoms with van der Waals surface area (Å²) in [6.45, 7) is 7.72. The molecule has 3 atom stereocenters. The van der Waals surface area contributed by atoms with Crippen LogP contribution in [0.4, 0.5) is 0 Å². The summed E-state index contributed by atoms with van der Waals surface area (Å²) < 4.78 is 5.70. The highest BCUT2D eigenvalue weighted by molar-refractivity contribution is 5.27. The number of likely N-dealkylation sites (tertiary alicyclic amines) is 1. The van der Waals surface area contributed by atoms with Crippen LogP contribution in [0.2, 0.25) is 0 Å². The first-order chi connectivity index (χ1) is 10.1. The van der Waals surface area contributed by atoms with Gasteiger partial charge in [0.25, 0.3) is 0 Å². The van der Waals surface area contributed by atoms with Crippen molar-refractivity contribution in [1.82, 2.24) is 4.90 Å². The largest absolute Gasteiger partial charge is 0.491 e. The standard InChI is InChI=1S/C18H29NO2/c1-4-16-8-10-18(11-9-16)21-13-17(20)12-19-14(2)6-5-7-15(19)3/h8-11,14-15,17,20H,4-7,12-13H2,1-3H3/t14-,15-,17-/m1/s1. The fourth-order valence-electron chi connectivity index (χ4n) is 3.14. The zero-order chi connectivity index (χ0) is 15.2. The molecule has 1 N–H and O–H groups in total. The summed E-state index contributed by atoms with van der Waals surface area (Å²) in [4.78, 5) is 2.41. The molecule has 2 rings (SSSR count). The van der Waals surface area contributed by atoms with Crippen molar-refractivity contribution >= 4 is 0 Å². The van der Waals surface area contributed by atoms with Gasteiger partial charge in [-0.15, -0.1) is 0 Å². The number of aliphatic hydroxyl groups is 1. The van der Waals surface area contributed by atoms with Crippen LogP contribution in [-0.2, 0) is 6.42 Å². The Labute approximate surface area is 128 Å². The van der Waals surface area contributed by atoms with Crippen LogP contribution in [0.25, 0.3) is 0 Å². The van der Waals surface area contributed by atoms with Gasteiger partial charge in [0.15, 0.2) is 0 Å². The molecule has 0 spiro atoms. The van der Waals surface area contributed by atoms with Crippen molar-refractivity contribution in [3.63, 3.8) is 0 Å². The average molecular weight is 291 g/mol. The summed E-state index contributed by atoms with van der Waals surface area (Å²) in [6, 6.07) is 9.25. The number of benzene rings is 1. The van der Waals surface area contributed by atoms with Crippen molar-refractivity contribution in [3.8, 4) is 5.75 Å². The number of β-amino-alcohol motifs (C(OH)–C–C–N with tert-alkyl or cyclic N) is 1. The van der Waals surface area contributed by atoms with Gasteiger partial charge in [-0.3, -0.25) is 4.90 Å². The van der Waals surface area contributed by atoms with E-state index in [4.69, 9.17) is 4.74 Å². The molecule has 1 aromatic rings. The van der Waals surface area contributed by atoms with Gasteiger partial charge < -0.3 is 9.84 Å². The van der Waals surface area contributed by atoms with Gasteiger partial charge in [0.05, 0.1) is 0 Å². The van der Waals surface area contributed by atoms with E-state index in [1.807, 2.05) is 12.1 Å². The van der Waals surface area contributed by atoms with Gasteiger partial charge in [0.2, 0.25) is 0 Å². The van der Waals surface area contributed by atoms with E-state index in [0.717, 1.165) is 12.2 Å². The molecule has 3 heteroatoms. The molecule has 0 radical (unpaired) electrons. The maximum Gasteiger partial charge on any atom is 0.119 e. The molecule has 1 aliphatic heterocycles. The van der Waals surface area contributed by atoms with Crippen molar-refractivity contribution in [2.24, 2.45) is 0 Å². The van der Waals surface area contributed by atoms with Gasteiger partial charge >= 0.3 is 0 Å². The smallest absolute Gasteiger partial charge is 0.119 e. The molecule has 21 heavy (non-hydrogen) atoms. The fourth-order valence-corrected chi connectivity index (χ4v) is 3.14. The lowest BCUT2D eigenvalue weighted by Gasteiger charge is -2.40. The summed E-state index contributed by atoms with van der Waals surface area (Å²) in [6.07, 6.45) is 4.37. The summed E-state index contributed by atoms with van der Waals surface area (Å²) in [5, 5.41) is 10.2. The van der Waals surface area contributed by atoms with E-state index < -0.39 is 6.10 Å². The predicted octanol–water partition coefficient (Wildman–Crippen LogP) is 3.25. The van der Waals surface area contributed by atoms with E-state index in [1.165, 1.54) is 24.8 Å². The molecule has 0 aromatic heterocycles. The van der Waals surface area contributed by atoms with Gasteiger partial charge in [-0.2, -0.15) is 0 Å². The molecule has 0 unspecified atom stereocenters. The van der Waals surface area contributed by atoms with E-state index in [-0.39, 0.29) is 0 Å². The van der Waals surface area contributed by atoms with E-state index in [2.05, 4.69) is 37.8 Å². The Morgan fingerprint density at radius 1 is 1.19 bits per heavy atom. The van der Waals surface area contributed by atoms with Crippen molar-refractivity contribution in [3.05, 3.63) is 29.8 Å². The number of aliphatic hydroxyl groups excluding tert-OH is 1. The number of nitrogens with zero attached hydrogens (tertiary/aromatic N) is 1. The minimum Gasteiger partial charge on any atom is -0.491 e. The lowest BCUT2D eigenvalue weighted by molar-refractivity contribution is 0.0209. The lowest BCUT2D eigenvalue weighted by atomic mass is 9.97. The normalized spacial score (nSPS) is 24.8. The molecule has 1 saturated heterocycles. The molecule has 0 aliphatic carbocycles. The third kappa shape index (κ3) is 4.72. The second-order valence-corrected chi connectivity index (χ2v) is 6.29. The first-order valence-electron chi connectivity index (χ1n) is 8.25. The molecule has 0 saturated carbocycles. The molecule has 1 heterocycles. The SMILES string of the molecule is CCc1ccc(OC[C@H](O)CN2[C@H](C)CCC[C@H]2C)cc1. The molecular weight excluding hydrogens is 262 g/mol. The number of hydrogen-bond donors (Lipinski definition) is 1. The molecule has 1 aliphatic rings. The second-order valence-electron chi connectivity index (χ2n) is 6.29. The van der Waals surface area contributed by atoms with Gasteiger partial charge in [-0.25, -0.2) is 0 Å². The second kappa shape index (κ2) is 7.81. The first-order valence-corrected chi connectivity index (χ1v) is 8.25. The molecule has 1 aromatic carbocycles. The highest BCUT2D eigenvalue weighted by Crippen LogP contribution is 2.22. The van der Waals surface area contributed by atoms with Crippen molar-refractivity contribution in [1.29, 1.82) is 0 Å². The quantitative estimate of drug-likeness (QED) is 0.873. The highest BCUT2D eigenvalue weighted by atomic mass is 16.5. The number of piperidine rings is 1. The van der Waals surface area contributed by atoms with E-state index in [1.54, 1.807) is 0 Å². The van der Waals surface area contributed by atoms with Crippen LogP contribution in [0.3, 0.4) is 0 Å². The maximum absolute atomic E-state index is 10.2. The Balaban J connectivity index is 1.79. The summed E-state index contributed by atoms with van der Waals surface area (Å²) in [5.74, 6) is 0.839. The van der Waals surface area contributed by atoms with Gasteiger partial charge in [-0.05, 0) is 50.8 Å². The summed E-state index contributed by atoms with van der Waals surface area (Å²) in [7, 11) is 0. The molecule has 0 bridgehead atoms. The fraction of sp³-hybridized carbons (Fsp3) is 0.667. The Morgan fingerprint density at radius 3 is 2.38 bits per heavy atom. The topological polar surface area (TPSA) is 32.7 Å². The number of rotatable bonds is 6. The number of hydrogen-bond acceptors (Lipinski definition) is 3. The average Bonchev–Trinajstić information content (AvgIpc) is 2.49. The van der Waals surface area contributed by atoms with Crippen LogP contribution in [-0.4, -0.2) is 41.3 Å². The van der Waals surface area contributed by atoms with Gasteiger partial charge in [-0.1, -0.05) is 25.5 Å². The van der Waals surface area contributed by atoms with Crippen LogP contribution >= 0.6 is 0 Å². The molecular formula is C18H29NO2. The van der Waals surface area contributed by atoms with Crippen LogP contribution in [0.1, 0.15) is 45.6 Å². The number of ether oxygens (including phenoxy) is 1. The summed E-state index contributed by atoms with van der Waals surface area (Å²) >= 11 is 0. The molecule has 1 fully saturated rings. The Hall–Kier alpha value is -1.06. The number of aryl methyl sites for hydroxylation is 1. The third-order valence-electron chi connectivity index (χ3n) is 4.57. The van der Waals surface area contributed by atoms with Crippen molar-refractivity contribution < 1.29 is 9.84 Å². The first kappa shape index (κ1) is 16.3. The van der Waals surface area contributed by atoms with Crippen LogP contribution in [0.5, 0.6) is 5.75 Å². The summed E-state index contributed by atoms with van der Waals surface area (Å²) in [5.41, 5.74) is 1.30. The Bertz CT molecular complexity index is 408. The Kier molecular flexibility index (Phi) is 6.07. The lowest BCUT2D eigenvalue weighted by Crippen LogP contribution is -2.48. The molecule has 3 nitrogen and oxygen atoms in total. The zero-order valence-electron chi connectivity index (χ0n) is 13.6. The maximum atomic E-state index is 10.2. The molecule has 0 amide bonds. The van der Waals surface area contributed by atoms with Crippen LogP contribution in [0, 0.1) is 0 Å². The van der Waals surface area contributed by atoms with Gasteiger partial charge in [0.1, 0.15) is 18.5 Å².